The van der Waals surface area contributed by atoms with E-state index in [0.29, 0.717) is 13.2 Å². The summed E-state index contributed by atoms with van der Waals surface area (Å²) in [5.41, 5.74) is 0.657. The molecule has 1 heterocycles. The molecule has 1 aliphatic heterocycles. The fourth-order valence-electron chi connectivity index (χ4n) is 2.96. The molecule has 0 saturated carbocycles. The Morgan fingerprint density at radius 3 is 2.72 bits per heavy atom. The average Bonchev–Trinajstić information content (AvgIpc) is 2.65. The van der Waals surface area contributed by atoms with E-state index < -0.39 is 5.60 Å². The average molecular weight is 518 g/mol. The van der Waals surface area contributed by atoms with Crippen LogP contribution in [0.5, 0.6) is 5.75 Å². The largest absolute Gasteiger partial charge is 0.493 e. The van der Waals surface area contributed by atoms with Gasteiger partial charge >= 0.3 is 6.09 Å². The number of fused-ring (bicyclic) bond motifs is 1. The first-order valence-electron chi connectivity index (χ1n) is 9.86. The number of para-hydroxylation sites is 1. The number of amides is 1. The molecule has 1 aliphatic rings. The van der Waals surface area contributed by atoms with Crippen molar-refractivity contribution in [1.82, 2.24) is 15.5 Å². The van der Waals surface area contributed by atoms with Crippen molar-refractivity contribution in [3.8, 4) is 5.75 Å². The maximum atomic E-state index is 12.2. The Balaban J connectivity index is 0.00000420. The number of aliphatic imine (C=N–C) groups is 1. The Morgan fingerprint density at radius 1 is 1.38 bits per heavy atom. The second-order valence-corrected chi connectivity index (χ2v) is 8.10. The van der Waals surface area contributed by atoms with E-state index in [1.165, 1.54) is 0 Å². The molecule has 7 nitrogen and oxygen atoms in total. The van der Waals surface area contributed by atoms with Crippen LogP contribution in [0, 0.1) is 0 Å². The molecule has 0 aliphatic carbocycles. The fourth-order valence-corrected chi connectivity index (χ4v) is 2.96. The topological polar surface area (TPSA) is 75.2 Å². The number of carbonyl (C=O) groups excluding carboxylic acids is 1. The van der Waals surface area contributed by atoms with Crippen molar-refractivity contribution in [2.24, 2.45) is 4.99 Å². The first-order valence-corrected chi connectivity index (χ1v) is 9.86. The molecule has 0 radical (unpaired) electrons. The number of benzene rings is 1. The SMILES string of the molecule is CN=C(NCCC(C)N(C)C(=O)OC(C)(C)C)NC1CCOc2ccccc21.I. The summed E-state index contributed by atoms with van der Waals surface area (Å²) in [5.74, 6) is 1.67. The van der Waals surface area contributed by atoms with Gasteiger partial charge in [-0.1, -0.05) is 18.2 Å². The fraction of sp³-hybridized carbons (Fsp3) is 0.619. The number of hydrogen-bond acceptors (Lipinski definition) is 4. The van der Waals surface area contributed by atoms with Gasteiger partial charge in [0.1, 0.15) is 11.4 Å². The van der Waals surface area contributed by atoms with E-state index in [4.69, 9.17) is 9.47 Å². The van der Waals surface area contributed by atoms with Crippen LogP contribution in [0.3, 0.4) is 0 Å². The normalized spacial score (nSPS) is 17.2. The second-order valence-electron chi connectivity index (χ2n) is 8.10. The van der Waals surface area contributed by atoms with Gasteiger partial charge < -0.3 is 25.0 Å². The third kappa shape index (κ3) is 7.91. The Bertz CT molecular complexity index is 691. The Kier molecular flexibility index (Phi) is 10.0. The van der Waals surface area contributed by atoms with E-state index in [2.05, 4.69) is 21.7 Å². The smallest absolute Gasteiger partial charge is 0.410 e. The highest BCUT2D eigenvalue weighted by atomic mass is 127. The van der Waals surface area contributed by atoms with Gasteiger partial charge in [0.05, 0.1) is 12.6 Å². The van der Waals surface area contributed by atoms with E-state index in [9.17, 15) is 4.79 Å². The summed E-state index contributed by atoms with van der Waals surface area (Å²) in [5, 5.41) is 6.81. The first kappa shape index (κ1) is 25.3. The molecule has 1 aromatic rings. The molecular formula is C21H35IN4O3. The lowest BCUT2D eigenvalue weighted by atomic mass is 10.0. The summed E-state index contributed by atoms with van der Waals surface area (Å²) in [6.45, 7) is 9.00. The minimum Gasteiger partial charge on any atom is -0.493 e. The van der Waals surface area contributed by atoms with Crippen LogP contribution in [0.4, 0.5) is 4.79 Å². The lowest BCUT2D eigenvalue weighted by Gasteiger charge is -2.29. The Labute approximate surface area is 191 Å². The molecule has 1 aromatic carbocycles. The number of nitrogens with zero attached hydrogens (tertiary/aromatic N) is 2. The number of carbonyl (C=O) groups is 1. The minimum atomic E-state index is -0.491. The van der Waals surface area contributed by atoms with E-state index in [-0.39, 0.29) is 42.2 Å². The summed E-state index contributed by atoms with van der Waals surface area (Å²) >= 11 is 0. The molecule has 2 unspecified atom stereocenters. The van der Waals surface area contributed by atoms with Crippen LogP contribution in [0.2, 0.25) is 0 Å². The number of halogens is 1. The molecule has 0 spiro atoms. The predicted octanol–water partition coefficient (Wildman–Crippen LogP) is 3.94. The van der Waals surface area contributed by atoms with Crippen molar-refractivity contribution in [3.63, 3.8) is 0 Å². The van der Waals surface area contributed by atoms with Crippen molar-refractivity contribution in [2.45, 2.75) is 58.2 Å². The zero-order chi connectivity index (χ0) is 20.7. The third-order valence-corrected chi connectivity index (χ3v) is 4.69. The van der Waals surface area contributed by atoms with E-state index in [1.807, 2.05) is 45.9 Å². The summed E-state index contributed by atoms with van der Waals surface area (Å²) in [6.07, 6.45) is 1.36. The van der Waals surface area contributed by atoms with Gasteiger partial charge in [0.2, 0.25) is 0 Å². The molecular weight excluding hydrogens is 483 g/mol. The molecule has 0 bridgehead atoms. The maximum absolute atomic E-state index is 12.2. The van der Waals surface area contributed by atoms with Gasteiger partial charge in [0.25, 0.3) is 0 Å². The van der Waals surface area contributed by atoms with E-state index in [0.717, 1.165) is 30.1 Å². The van der Waals surface area contributed by atoms with Crippen LogP contribution >= 0.6 is 24.0 Å². The van der Waals surface area contributed by atoms with E-state index in [1.54, 1.807) is 19.0 Å². The summed E-state index contributed by atoms with van der Waals surface area (Å²) in [4.78, 5) is 18.1. The Hall–Kier alpha value is -1.71. The lowest BCUT2D eigenvalue weighted by Crippen LogP contribution is -2.44. The number of nitrogens with one attached hydrogen (secondary N) is 2. The standard InChI is InChI=1S/C21H34N4O3.HI/c1-15(25(6)20(26)28-21(2,3)4)11-13-23-19(22-5)24-17-12-14-27-18-10-8-7-9-16(17)18;/h7-10,15,17H,11-14H2,1-6H3,(H2,22,23,24);1H. The predicted molar refractivity (Wildman–Crippen MR) is 127 cm³/mol. The molecule has 0 saturated heterocycles. The number of rotatable bonds is 5. The molecule has 8 heteroatoms. The highest BCUT2D eigenvalue weighted by Crippen LogP contribution is 2.31. The van der Waals surface area contributed by atoms with Crippen LogP contribution < -0.4 is 15.4 Å². The molecule has 0 fully saturated rings. The van der Waals surface area contributed by atoms with Crippen LogP contribution in [0.15, 0.2) is 29.3 Å². The Morgan fingerprint density at radius 2 is 2.07 bits per heavy atom. The summed E-state index contributed by atoms with van der Waals surface area (Å²) < 4.78 is 11.1. The molecule has 164 valence electrons. The van der Waals surface area contributed by atoms with Crippen molar-refractivity contribution >= 4 is 36.0 Å². The van der Waals surface area contributed by atoms with E-state index >= 15 is 0 Å². The summed E-state index contributed by atoms with van der Waals surface area (Å²) in [7, 11) is 3.53. The lowest BCUT2D eigenvalue weighted by molar-refractivity contribution is 0.0230. The molecule has 2 N–H and O–H groups in total. The number of ether oxygens (including phenoxy) is 2. The van der Waals surface area contributed by atoms with Crippen molar-refractivity contribution in [3.05, 3.63) is 29.8 Å². The van der Waals surface area contributed by atoms with Gasteiger partial charge in [-0.3, -0.25) is 4.99 Å². The molecule has 1 amide bonds. The minimum absolute atomic E-state index is 0. The van der Waals surface area contributed by atoms with Gasteiger partial charge in [-0.15, -0.1) is 24.0 Å². The quantitative estimate of drug-likeness (QED) is 0.351. The monoisotopic (exact) mass is 518 g/mol. The van der Waals surface area contributed by atoms with Crippen LogP contribution in [-0.2, 0) is 4.74 Å². The van der Waals surface area contributed by atoms with Gasteiger partial charge in [-0.05, 0) is 40.2 Å². The molecule has 2 atom stereocenters. The van der Waals surface area contributed by atoms with Gasteiger partial charge in [0, 0.05) is 38.7 Å². The first-order chi connectivity index (χ1) is 13.2. The van der Waals surface area contributed by atoms with Crippen molar-refractivity contribution in [1.29, 1.82) is 0 Å². The van der Waals surface area contributed by atoms with Gasteiger partial charge in [-0.2, -0.15) is 0 Å². The zero-order valence-corrected chi connectivity index (χ0v) is 20.7. The highest BCUT2D eigenvalue weighted by molar-refractivity contribution is 14.0. The van der Waals surface area contributed by atoms with Crippen LogP contribution in [0.25, 0.3) is 0 Å². The molecule has 0 aromatic heterocycles. The van der Waals surface area contributed by atoms with Gasteiger partial charge in [0.15, 0.2) is 5.96 Å². The highest BCUT2D eigenvalue weighted by Gasteiger charge is 2.24. The van der Waals surface area contributed by atoms with Gasteiger partial charge in [-0.25, -0.2) is 4.79 Å². The van der Waals surface area contributed by atoms with Crippen LogP contribution in [0.1, 0.15) is 52.1 Å². The maximum Gasteiger partial charge on any atom is 0.410 e. The second kappa shape index (κ2) is 11.5. The van der Waals surface area contributed by atoms with Crippen molar-refractivity contribution in [2.75, 3.05) is 27.2 Å². The number of guanidine groups is 1. The third-order valence-electron chi connectivity index (χ3n) is 4.69. The van der Waals surface area contributed by atoms with Crippen molar-refractivity contribution < 1.29 is 14.3 Å². The molecule has 29 heavy (non-hydrogen) atoms. The van der Waals surface area contributed by atoms with Crippen LogP contribution in [-0.4, -0.2) is 55.8 Å². The zero-order valence-electron chi connectivity index (χ0n) is 18.3. The number of hydrogen-bond donors (Lipinski definition) is 2. The summed E-state index contributed by atoms with van der Waals surface area (Å²) in [6, 6.07) is 8.29. The molecule has 2 rings (SSSR count).